The maximum atomic E-state index is 11.1. The van der Waals surface area contributed by atoms with Gasteiger partial charge in [-0.1, -0.05) is 6.92 Å². The second kappa shape index (κ2) is 3.95. The molecule has 0 aliphatic rings. The van der Waals surface area contributed by atoms with Crippen LogP contribution in [-0.2, 0) is 11.3 Å². The minimum atomic E-state index is -1.13. The Morgan fingerprint density at radius 2 is 1.80 bits per heavy atom. The number of H-pyrrole nitrogens is 2. The van der Waals surface area contributed by atoms with Crippen molar-refractivity contribution in [3.05, 3.63) is 31.5 Å². The van der Waals surface area contributed by atoms with Crippen molar-refractivity contribution in [3.63, 3.8) is 0 Å². The van der Waals surface area contributed by atoms with Crippen LogP contribution in [0.2, 0.25) is 0 Å². The van der Waals surface area contributed by atoms with Crippen LogP contribution in [0.15, 0.2) is 14.4 Å². The molecule has 0 radical (unpaired) electrons. The van der Waals surface area contributed by atoms with Gasteiger partial charge < -0.3 is 5.11 Å². The first-order valence-electron chi connectivity index (χ1n) is 4.08. The van der Waals surface area contributed by atoms with E-state index in [-0.39, 0.29) is 6.54 Å². The molecule has 1 heterocycles. The van der Waals surface area contributed by atoms with Crippen LogP contribution in [0, 0.1) is 5.92 Å². The van der Waals surface area contributed by atoms with Gasteiger partial charge in [-0.25, -0.2) is 19.0 Å². The van der Waals surface area contributed by atoms with Gasteiger partial charge in [-0.3, -0.25) is 14.8 Å². The maximum absolute atomic E-state index is 11.1. The van der Waals surface area contributed by atoms with Crippen molar-refractivity contribution in [2.45, 2.75) is 13.5 Å². The number of nitrogens with zero attached hydrogens (tertiary/aromatic N) is 1. The predicted molar refractivity (Wildman–Crippen MR) is 48.7 cm³/mol. The van der Waals surface area contributed by atoms with E-state index in [4.69, 9.17) is 5.11 Å². The molecule has 1 aromatic rings. The number of carboxylic acid groups (broad SMARTS) is 1. The van der Waals surface area contributed by atoms with Gasteiger partial charge in [-0.05, 0) is 0 Å². The number of rotatable bonds is 3. The molecule has 0 fully saturated rings. The van der Waals surface area contributed by atoms with Gasteiger partial charge in [-0.2, -0.15) is 0 Å². The lowest BCUT2D eigenvalue weighted by atomic mass is 10.2. The average molecular weight is 215 g/mol. The monoisotopic (exact) mass is 215 g/mol. The van der Waals surface area contributed by atoms with Crippen LogP contribution >= 0.6 is 0 Å². The standard InChI is InChI=1S/C7H9N3O5/c1-3(4(11)12)2-10-6(14)8-5(13)9-7(10)15/h3H,2H2,1H3,(H,11,12)(H2,8,9,13,14,15). The zero-order valence-electron chi connectivity index (χ0n) is 7.81. The first-order valence-corrected chi connectivity index (χ1v) is 4.08. The molecular formula is C7H9N3O5. The summed E-state index contributed by atoms with van der Waals surface area (Å²) in [6.45, 7) is 1.06. The van der Waals surface area contributed by atoms with Crippen molar-refractivity contribution < 1.29 is 9.90 Å². The molecule has 1 rings (SSSR count). The van der Waals surface area contributed by atoms with Crippen molar-refractivity contribution in [1.82, 2.24) is 14.5 Å². The van der Waals surface area contributed by atoms with Gasteiger partial charge in [0.15, 0.2) is 0 Å². The minimum Gasteiger partial charge on any atom is -0.481 e. The molecule has 8 heteroatoms. The Labute approximate surface area is 82.2 Å². The fraction of sp³-hybridized carbons (Fsp3) is 0.429. The molecule has 8 nitrogen and oxygen atoms in total. The van der Waals surface area contributed by atoms with Gasteiger partial charge in [0, 0.05) is 6.54 Å². The molecule has 0 bridgehead atoms. The molecule has 0 spiro atoms. The van der Waals surface area contributed by atoms with Gasteiger partial charge in [0.2, 0.25) is 0 Å². The van der Waals surface area contributed by atoms with Gasteiger partial charge >= 0.3 is 23.0 Å². The van der Waals surface area contributed by atoms with E-state index >= 15 is 0 Å². The molecule has 82 valence electrons. The third kappa shape index (κ3) is 2.42. The third-order valence-corrected chi connectivity index (χ3v) is 1.81. The summed E-state index contributed by atoms with van der Waals surface area (Å²) in [5.74, 6) is -2.03. The molecule has 1 aromatic heterocycles. The summed E-state index contributed by atoms with van der Waals surface area (Å²) in [4.78, 5) is 47.0. The van der Waals surface area contributed by atoms with Crippen molar-refractivity contribution in [1.29, 1.82) is 0 Å². The van der Waals surface area contributed by atoms with Gasteiger partial charge in [-0.15, -0.1) is 0 Å². The first-order chi connectivity index (χ1) is 6.91. The van der Waals surface area contributed by atoms with Crippen LogP contribution in [0.5, 0.6) is 0 Å². The summed E-state index contributed by atoms with van der Waals surface area (Å²) in [6.07, 6.45) is 0. The second-order valence-electron chi connectivity index (χ2n) is 3.04. The highest BCUT2D eigenvalue weighted by Crippen LogP contribution is 1.94. The molecular weight excluding hydrogens is 206 g/mol. The summed E-state index contributed by atoms with van der Waals surface area (Å²) >= 11 is 0. The fourth-order valence-corrected chi connectivity index (χ4v) is 0.970. The van der Waals surface area contributed by atoms with Crippen LogP contribution in [0.1, 0.15) is 6.92 Å². The third-order valence-electron chi connectivity index (χ3n) is 1.81. The summed E-state index contributed by atoms with van der Waals surface area (Å²) in [5, 5.41) is 8.58. The van der Waals surface area contributed by atoms with E-state index in [2.05, 4.69) is 0 Å². The van der Waals surface area contributed by atoms with E-state index in [1.165, 1.54) is 6.92 Å². The number of hydrogen-bond acceptors (Lipinski definition) is 4. The van der Waals surface area contributed by atoms with Gasteiger partial charge in [0.1, 0.15) is 0 Å². The fourth-order valence-electron chi connectivity index (χ4n) is 0.970. The van der Waals surface area contributed by atoms with Gasteiger partial charge in [0.05, 0.1) is 5.92 Å². The molecule has 0 saturated heterocycles. The summed E-state index contributed by atoms with van der Waals surface area (Å²) in [7, 11) is 0. The van der Waals surface area contributed by atoms with Crippen LogP contribution in [-0.4, -0.2) is 25.6 Å². The quantitative estimate of drug-likeness (QED) is 0.535. The Bertz CT molecular complexity index is 502. The molecule has 1 atom stereocenters. The zero-order chi connectivity index (χ0) is 11.6. The Hall–Kier alpha value is -2.12. The van der Waals surface area contributed by atoms with Gasteiger partial charge in [0.25, 0.3) is 0 Å². The van der Waals surface area contributed by atoms with E-state index in [9.17, 15) is 19.2 Å². The molecule has 0 aromatic carbocycles. The van der Waals surface area contributed by atoms with E-state index in [0.29, 0.717) is 4.57 Å². The van der Waals surface area contributed by atoms with Crippen molar-refractivity contribution >= 4 is 5.97 Å². The van der Waals surface area contributed by atoms with Crippen molar-refractivity contribution in [2.24, 2.45) is 5.92 Å². The van der Waals surface area contributed by atoms with E-state index in [1.807, 2.05) is 9.97 Å². The number of aromatic amines is 2. The van der Waals surface area contributed by atoms with Crippen LogP contribution in [0.25, 0.3) is 0 Å². The number of carbonyl (C=O) groups is 1. The lowest BCUT2D eigenvalue weighted by Crippen LogP contribution is -2.44. The summed E-state index contributed by atoms with van der Waals surface area (Å²) in [6, 6.07) is 0. The first kappa shape index (κ1) is 11.0. The summed E-state index contributed by atoms with van der Waals surface area (Å²) in [5.41, 5.74) is -2.75. The topological polar surface area (TPSA) is 125 Å². The normalized spacial score (nSPS) is 12.3. The molecule has 0 saturated carbocycles. The van der Waals surface area contributed by atoms with E-state index in [1.54, 1.807) is 0 Å². The highest BCUT2D eigenvalue weighted by molar-refractivity contribution is 5.69. The summed E-state index contributed by atoms with van der Waals surface area (Å²) < 4.78 is 0.625. The number of hydrogen-bond donors (Lipinski definition) is 3. The highest BCUT2D eigenvalue weighted by Gasteiger charge is 2.14. The SMILES string of the molecule is CC(Cn1c(=O)[nH]c(=O)[nH]c1=O)C(=O)O. The molecule has 0 aliphatic carbocycles. The lowest BCUT2D eigenvalue weighted by Gasteiger charge is -2.06. The Kier molecular flexibility index (Phi) is 2.88. The van der Waals surface area contributed by atoms with Crippen molar-refractivity contribution in [2.75, 3.05) is 0 Å². The maximum Gasteiger partial charge on any atom is 0.333 e. The van der Waals surface area contributed by atoms with E-state index in [0.717, 1.165) is 0 Å². The second-order valence-corrected chi connectivity index (χ2v) is 3.04. The Morgan fingerprint density at radius 3 is 2.20 bits per heavy atom. The van der Waals surface area contributed by atoms with Crippen molar-refractivity contribution in [3.8, 4) is 0 Å². The van der Waals surface area contributed by atoms with Crippen LogP contribution in [0.3, 0.4) is 0 Å². The Morgan fingerprint density at radius 1 is 1.33 bits per heavy atom. The largest absolute Gasteiger partial charge is 0.481 e. The smallest absolute Gasteiger partial charge is 0.333 e. The van der Waals surface area contributed by atoms with E-state index < -0.39 is 29.0 Å². The Balaban J connectivity index is 3.17. The minimum absolute atomic E-state index is 0.291. The number of aromatic nitrogens is 3. The highest BCUT2D eigenvalue weighted by atomic mass is 16.4. The predicted octanol–water partition coefficient (Wildman–Crippen LogP) is -2.05. The molecule has 15 heavy (non-hydrogen) atoms. The molecule has 3 N–H and O–H groups in total. The average Bonchev–Trinajstić information content (AvgIpc) is 2.10. The molecule has 0 amide bonds. The van der Waals surface area contributed by atoms with Crippen LogP contribution in [0.4, 0.5) is 0 Å². The number of carboxylic acids is 1. The number of aliphatic carboxylic acids is 1. The molecule has 0 aliphatic heterocycles. The number of nitrogens with one attached hydrogen (secondary N) is 2. The zero-order valence-corrected chi connectivity index (χ0v) is 7.81. The van der Waals surface area contributed by atoms with Crippen LogP contribution < -0.4 is 17.1 Å². The molecule has 1 unspecified atom stereocenters. The lowest BCUT2D eigenvalue weighted by molar-refractivity contribution is -0.141.